The molecule has 1 heterocycles. The van der Waals surface area contributed by atoms with E-state index in [1.807, 2.05) is 30.3 Å². The Labute approximate surface area is 213 Å². The van der Waals surface area contributed by atoms with E-state index in [2.05, 4.69) is 5.10 Å². The van der Waals surface area contributed by atoms with Crippen LogP contribution in [0.25, 0.3) is 28.1 Å². The molecule has 176 valence electrons. The summed E-state index contributed by atoms with van der Waals surface area (Å²) in [4.78, 5) is 0.222. The third-order valence-electron chi connectivity index (χ3n) is 5.31. The maximum absolute atomic E-state index is 12.0. The molecule has 0 amide bonds. The molecule has 0 atom stereocenters. The number of rotatable bonds is 5. The molecule has 4 aromatic rings. The molecule has 9 heteroatoms. The van der Waals surface area contributed by atoms with Crippen molar-refractivity contribution in [1.29, 1.82) is 0 Å². The quantitative estimate of drug-likeness (QED) is 0.305. The van der Waals surface area contributed by atoms with Gasteiger partial charge in [-0.05, 0) is 55.3 Å². The first-order chi connectivity index (χ1) is 15.9. The first-order valence-corrected chi connectivity index (χ1v) is 13.3. The van der Waals surface area contributed by atoms with Crippen molar-refractivity contribution in [1.82, 2.24) is 9.78 Å². The fourth-order valence-electron chi connectivity index (χ4n) is 3.61. The van der Waals surface area contributed by atoms with E-state index < -0.39 is 15.4 Å². The molecule has 0 aliphatic rings. The predicted molar refractivity (Wildman–Crippen MR) is 138 cm³/mol. The second-order valence-corrected chi connectivity index (χ2v) is 11.6. The second-order valence-electron chi connectivity index (χ2n) is 8.43. The minimum absolute atomic E-state index is 0.222. The summed E-state index contributed by atoms with van der Waals surface area (Å²) < 4.78 is 25.5. The zero-order chi connectivity index (χ0) is 24.8. The van der Waals surface area contributed by atoms with Gasteiger partial charge in [0, 0.05) is 11.8 Å². The maximum atomic E-state index is 12.0. The molecule has 0 saturated heterocycles. The van der Waals surface area contributed by atoms with Crippen molar-refractivity contribution < 1.29 is 13.5 Å². The van der Waals surface area contributed by atoms with Gasteiger partial charge < -0.3 is 5.11 Å². The molecule has 4 rings (SSSR count). The van der Waals surface area contributed by atoms with E-state index in [1.165, 1.54) is 6.26 Å². The lowest BCUT2D eigenvalue weighted by atomic mass is 10.0. The van der Waals surface area contributed by atoms with Crippen molar-refractivity contribution >= 4 is 44.6 Å². The SMILES string of the molecule is CC(C)(O)c1nn(-c2ccc(-c3cccc(S(C)(=O)=O)c3)cc2Cl)c(-c2ccccc2Cl)c1Cl. The summed E-state index contributed by atoms with van der Waals surface area (Å²) in [5.74, 6) is 0. The number of nitrogens with zero attached hydrogens (tertiary/aromatic N) is 2. The molecule has 34 heavy (non-hydrogen) atoms. The fraction of sp³-hybridized carbons (Fsp3) is 0.160. The molecule has 0 fully saturated rings. The zero-order valence-electron chi connectivity index (χ0n) is 18.6. The van der Waals surface area contributed by atoms with Gasteiger partial charge in [0.25, 0.3) is 0 Å². The summed E-state index contributed by atoms with van der Waals surface area (Å²) in [6, 6.07) is 19.2. The van der Waals surface area contributed by atoms with Crippen LogP contribution in [0.5, 0.6) is 0 Å². The van der Waals surface area contributed by atoms with Crippen LogP contribution in [0, 0.1) is 0 Å². The Morgan fingerprint density at radius 3 is 2.18 bits per heavy atom. The molecule has 0 radical (unpaired) electrons. The standard InChI is InChI=1S/C25H21Cl3N2O3S/c1-25(2,31)24-22(28)23(18-9-4-5-10-19(18)26)30(29-24)21-12-11-16(14-20(21)27)15-7-6-8-17(13-15)34(3,32)33/h4-14,31H,1-3H3. The Morgan fingerprint density at radius 2 is 1.56 bits per heavy atom. The van der Waals surface area contributed by atoms with Crippen LogP contribution in [0.4, 0.5) is 0 Å². The van der Waals surface area contributed by atoms with Gasteiger partial charge in [-0.25, -0.2) is 13.1 Å². The van der Waals surface area contributed by atoms with Gasteiger partial charge in [0.05, 0.1) is 31.3 Å². The van der Waals surface area contributed by atoms with Gasteiger partial charge in [-0.1, -0.05) is 71.2 Å². The highest BCUT2D eigenvalue weighted by Gasteiger charge is 2.30. The van der Waals surface area contributed by atoms with Crippen LogP contribution in [0.3, 0.4) is 0 Å². The van der Waals surface area contributed by atoms with Crippen LogP contribution in [0.15, 0.2) is 71.6 Å². The van der Waals surface area contributed by atoms with Crippen LogP contribution in [-0.4, -0.2) is 29.6 Å². The lowest BCUT2D eigenvalue weighted by Crippen LogP contribution is -2.17. The summed E-state index contributed by atoms with van der Waals surface area (Å²) in [5, 5.41) is 16.3. The number of halogens is 3. The number of hydrogen-bond acceptors (Lipinski definition) is 4. The summed E-state index contributed by atoms with van der Waals surface area (Å²) >= 11 is 19.9. The van der Waals surface area contributed by atoms with Crippen molar-refractivity contribution in [2.45, 2.75) is 24.3 Å². The summed E-state index contributed by atoms with van der Waals surface area (Å²) in [6.45, 7) is 3.20. The van der Waals surface area contributed by atoms with E-state index in [9.17, 15) is 13.5 Å². The Morgan fingerprint density at radius 1 is 0.882 bits per heavy atom. The highest BCUT2D eigenvalue weighted by atomic mass is 35.5. The average Bonchev–Trinajstić information content (AvgIpc) is 3.10. The van der Waals surface area contributed by atoms with Gasteiger partial charge in [-0.2, -0.15) is 5.10 Å². The Hall–Kier alpha value is -2.35. The third kappa shape index (κ3) is 4.74. The molecule has 1 aromatic heterocycles. The lowest BCUT2D eigenvalue weighted by molar-refractivity contribution is 0.0735. The molecule has 3 aromatic carbocycles. The molecule has 0 aliphatic carbocycles. The van der Waals surface area contributed by atoms with E-state index >= 15 is 0 Å². The van der Waals surface area contributed by atoms with Crippen molar-refractivity contribution in [3.05, 3.63) is 87.5 Å². The molecule has 0 bridgehead atoms. The number of hydrogen-bond donors (Lipinski definition) is 1. The van der Waals surface area contributed by atoms with E-state index in [0.29, 0.717) is 32.6 Å². The van der Waals surface area contributed by atoms with Gasteiger partial charge in [0.15, 0.2) is 9.84 Å². The third-order valence-corrected chi connectivity index (χ3v) is 7.41. The molecule has 0 unspecified atom stereocenters. The van der Waals surface area contributed by atoms with Crippen LogP contribution >= 0.6 is 34.8 Å². The first-order valence-electron chi connectivity index (χ1n) is 10.2. The molecule has 1 N–H and O–H groups in total. The Bertz CT molecular complexity index is 1510. The average molecular weight is 536 g/mol. The van der Waals surface area contributed by atoms with Gasteiger partial charge in [0.1, 0.15) is 11.3 Å². The minimum atomic E-state index is -3.35. The maximum Gasteiger partial charge on any atom is 0.175 e. The Kier molecular flexibility index (Phi) is 6.57. The Balaban J connectivity index is 1.90. The molecular weight excluding hydrogens is 515 g/mol. The van der Waals surface area contributed by atoms with Gasteiger partial charge in [-0.15, -0.1) is 0 Å². The van der Waals surface area contributed by atoms with Crippen LogP contribution in [0.1, 0.15) is 19.5 Å². The van der Waals surface area contributed by atoms with Crippen molar-refractivity contribution in [3.63, 3.8) is 0 Å². The summed E-state index contributed by atoms with van der Waals surface area (Å²) in [7, 11) is -3.35. The van der Waals surface area contributed by atoms with Gasteiger partial charge >= 0.3 is 0 Å². The number of benzene rings is 3. The smallest absolute Gasteiger partial charge is 0.175 e. The fourth-order valence-corrected chi connectivity index (χ4v) is 5.22. The minimum Gasteiger partial charge on any atom is -0.384 e. The molecule has 0 aliphatic heterocycles. The number of aromatic nitrogens is 2. The van der Waals surface area contributed by atoms with E-state index in [0.717, 1.165) is 5.56 Å². The normalized spacial score (nSPS) is 12.2. The van der Waals surface area contributed by atoms with Crippen molar-refractivity contribution in [2.75, 3.05) is 6.26 Å². The summed E-state index contributed by atoms with van der Waals surface area (Å²) in [6.07, 6.45) is 1.17. The zero-order valence-corrected chi connectivity index (χ0v) is 21.6. The number of aliphatic hydroxyl groups is 1. The van der Waals surface area contributed by atoms with Crippen molar-refractivity contribution in [3.8, 4) is 28.1 Å². The second kappa shape index (κ2) is 9.02. The predicted octanol–water partition coefficient (Wildman–Crippen LogP) is 6.80. The van der Waals surface area contributed by atoms with Gasteiger partial charge in [-0.3, -0.25) is 0 Å². The van der Waals surface area contributed by atoms with E-state index in [-0.39, 0.29) is 15.6 Å². The lowest BCUT2D eigenvalue weighted by Gasteiger charge is -2.14. The largest absolute Gasteiger partial charge is 0.384 e. The first kappa shape index (κ1) is 24.8. The highest BCUT2D eigenvalue weighted by molar-refractivity contribution is 7.90. The van der Waals surface area contributed by atoms with Crippen LogP contribution in [0.2, 0.25) is 15.1 Å². The monoisotopic (exact) mass is 534 g/mol. The number of sulfone groups is 1. The topological polar surface area (TPSA) is 72.2 Å². The van der Waals surface area contributed by atoms with Crippen molar-refractivity contribution in [2.24, 2.45) is 0 Å². The van der Waals surface area contributed by atoms with E-state index in [4.69, 9.17) is 34.8 Å². The van der Waals surface area contributed by atoms with E-state index in [1.54, 1.807) is 54.9 Å². The summed E-state index contributed by atoms with van der Waals surface area (Å²) in [5.41, 5.74) is 2.08. The molecule has 5 nitrogen and oxygen atoms in total. The molecular formula is C25H21Cl3N2O3S. The molecule has 0 saturated carbocycles. The van der Waals surface area contributed by atoms with Crippen LogP contribution in [-0.2, 0) is 15.4 Å². The van der Waals surface area contributed by atoms with Crippen LogP contribution < -0.4 is 0 Å². The molecule has 0 spiro atoms. The highest BCUT2D eigenvalue weighted by Crippen LogP contribution is 2.41. The van der Waals surface area contributed by atoms with Gasteiger partial charge in [0.2, 0.25) is 0 Å².